The van der Waals surface area contributed by atoms with Gasteiger partial charge in [0.05, 0.1) is 12.1 Å². The van der Waals surface area contributed by atoms with E-state index in [1.165, 1.54) is 32.1 Å². The normalized spacial score (nSPS) is 16.0. The number of nitrogens with one attached hydrogen (secondary N) is 1. The van der Waals surface area contributed by atoms with Crippen molar-refractivity contribution in [2.45, 2.75) is 85.1 Å². The first-order chi connectivity index (χ1) is 12.9. The Morgan fingerprint density at radius 2 is 1.63 bits per heavy atom. The molecule has 1 fully saturated rings. The molecule has 0 spiro atoms. The van der Waals surface area contributed by atoms with Crippen LogP contribution in [0.4, 0.5) is 0 Å². The molecule has 0 aliphatic heterocycles. The maximum absolute atomic E-state index is 12.7. The van der Waals surface area contributed by atoms with Crippen LogP contribution in [0.3, 0.4) is 0 Å². The van der Waals surface area contributed by atoms with Gasteiger partial charge in [-0.3, -0.25) is 4.79 Å². The van der Waals surface area contributed by atoms with Crippen LogP contribution in [0, 0.1) is 27.7 Å². The second kappa shape index (κ2) is 8.63. The molecule has 1 saturated carbocycles. The summed E-state index contributed by atoms with van der Waals surface area (Å²) in [7, 11) is 0. The van der Waals surface area contributed by atoms with Crippen LogP contribution in [0.15, 0.2) is 6.07 Å². The zero-order valence-electron chi connectivity index (χ0n) is 17.0. The van der Waals surface area contributed by atoms with Gasteiger partial charge in [-0.25, -0.2) is 14.6 Å². The van der Waals surface area contributed by atoms with Crippen molar-refractivity contribution >= 4 is 5.91 Å². The van der Waals surface area contributed by atoms with Crippen LogP contribution in [0.1, 0.15) is 73.3 Å². The maximum Gasteiger partial charge on any atom is 0.251 e. The minimum Gasteiger partial charge on any atom is -0.353 e. The third-order valence-corrected chi connectivity index (χ3v) is 5.41. The molecule has 2 aromatic rings. The van der Waals surface area contributed by atoms with Crippen LogP contribution >= 0.6 is 0 Å². The Morgan fingerprint density at radius 1 is 1.04 bits per heavy atom. The molecule has 2 heterocycles. The number of rotatable bonds is 4. The van der Waals surface area contributed by atoms with Gasteiger partial charge in [-0.1, -0.05) is 32.1 Å². The van der Waals surface area contributed by atoms with E-state index in [0.29, 0.717) is 18.4 Å². The summed E-state index contributed by atoms with van der Waals surface area (Å²) in [6.45, 7) is 7.84. The van der Waals surface area contributed by atoms with Crippen LogP contribution in [-0.4, -0.2) is 31.7 Å². The van der Waals surface area contributed by atoms with Crippen molar-refractivity contribution in [1.29, 1.82) is 0 Å². The van der Waals surface area contributed by atoms with Gasteiger partial charge in [0, 0.05) is 28.7 Å². The molecule has 0 aromatic carbocycles. The number of amides is 1. The zero-order chi connectivity index (χ0) is 19.4. The summed E-state index contributed by atoms with van der Waals surface area (Å²) in [5.41, 5.74) is 4.59. The summed E-state index contributed by atoms with van der Waals surface area (Å²) in [6.07, 6.45) is 8.88. The molecule has 0 bridgehead atoms. The summed E-state index contributed by atoms with van der Waals surface area (Å²) in [5, 5.41) is 7.85. The highest BCUT2D eigenvalue weighted by molar-refractivity contribution is 5.79. The molecule has 0 unspecified atom stereocenters. The van der Waals surface area contributed by atoms with E-state index in [2.05, 4.69) is 20.4 Å². The molecule has 27 heavy (non-hydrogen) atoms. The zero-order valence-corrected chi connectivity index (χ0v) is 17.0. The van der Waals surface area contributed by atoms with Crippen LogP contribution in [-0.2, 0) is 11.2 Å². The minimum atomic E-state index is 0.0904. The molecular formula is C21H31N5O. The van der Waals surface area contributed by atoms with Gasteiger partial charge in [0.15, 0.2) is 0 Å². The molecule has 6 heteroatoms. The van der Waals surface area contributed by atoms with E-state index in [0.717, 1.165) is 41.2 Å². The van der Waals surface area contributed by atoms with Gasteiger partial charge in [0.25, 0.3) is 5.95 Å². The molecule has 1 amide bonds. The SMILES string of the molecule is Cc1cc(C)nc(-n2nc(C)c(CC(=O)NC3CCCCCCC3)c2C)n1. The van der Waals surface area contributed by atoms with E-state index in [4.69, 9.17) is 0 Å². The predicted molar refractivity (Wildman–Crippen MR) is 106 cm³/mol. The van der Waals surface area contributed by atoms with Crippen molar-refractivity contribution in [1.82, 2.24) is 25.1 Å². The van der Waals surface area contributed by atoms with Crippen molar-refractivity contribution in [3.05, 3.63) is 34.4 Å². The van der Waals surface area contributed by atoms with Gasteiger partial charge in [-0.2, -0.15) is 5.10 Å². The number of aryl methyl sites for hydroxylation is 3. The van der Waals surface area contributed by atoms with Gasteiger partial charge in [-0.15, -0.1) is 0 Å². The molecule has 1 aliphatic carbocycles. The predicted octanol–water partition coefficient (Wildman–Crippen LogP) is 3.67. The molecule has 1 N–H and O–H groups in total. The van der Waals surface area contributed by atoms with Crippen molar-refractivity contribution < 1.29 is 4.79 Å². The first-order valence-corrected chi connectivity index (χ1v) is 10.1. The quantitative estimate of drug-likeness (QED) is 0.892. The van der Waals surface area contributed by atoms with Gasteiger partial charge >= 0.3 is 0 Å². The van der Waals surface area contributed by atoms with E-state index in [1.54, 1.807) is 4.68 Å². The fraction of sp³-hybridized carbons (Fsp3) is 0.619. The second-order valence-corrected chi connectivity index (χ2v) is 7.80. The van der Waals surface area contributed by atoms with E-state index in [1.807, 2.05) is 33.8 Å². The first kappa shape index (κ1) is 19.5. The molecule has 3 rings (SSSR count). The highest BCUT2D eigenvalue weighted by Gasteiger charge is 2.20. The number of hydrogen-bond acceptors (Lipinski definition) is 4. The molecular weight excluding hydrogens is 338 g/mol. The number of hydrogen-bond donors (Lipinski definition) is 1. The fourth-order valence-electron chi connectivity index (χ4n) is 3.97. The van der Waals surface area contributed by atoms with Crippen LogP contribution in [0.2, 0.25) is 0 Å². The fourth-order valence-corrected chi connectivity index (χ4v) is 3.97. The highest BCUT2D eigenvalue weighted by atomic mass is 16.1. The average molecular weight is 370 g/mol. The molecule has 2 aromatic heterocycles. The van der Waals surface area contributed by atoms with Gasteiger partial charge in [-0.05, 0) is 46.6 Å². The lowest BCUT2D eigenvalue weighted by Gasteiger charge is -2.21. The Balaban J connectivity index is 1.73. The van der Waals surface area contributed by atoms with Gasteiger partial charge in [0.1, 0.15) is 0 Å². The van der Waals surface area contributed by atoms with E-state index in [9.17, 15) is 4.79 Å². The van der Waals surface area contributed by atoms with Crippen LogP contribution < -0.4 is 5.32 Å². The Hall–Kier alpha value is -2.24. The van der Waals surface area contributed by atoms with Gasteiger partial charge < -0.3 is 5.32 Å². The van der Waals surface area contributed by atoms with Crippen molar-refractivity contribution in [3.8, 4) is 5.95 Å². The summed E-state index contributed by atoms with van der Waals surface area (Å²) in [6, 6.07) is 2.26. The molecule has 6 nitrogen and oxygen atoms in total. The van der Waals surface area contributed by atoms with Crippen molar-refractivity contribution in [2.24, 2.45) is 0 Å². The molecule has 0 saturated heterocycles. The standard InChI is InChI=1S/C21H31N5O/c1-14-12-15(2)23-21(22-14)26-17(4)19(16(3)25-26)13-20(27)24-18-10-8-6-5-7-9-11-18/h12,18H,5-11,13H2,1-4H3,(H,24,27). The first-order valence-electron chi connectivity index (χ1n) is 10.1. The second-order valence-electron chi connectivity index (χ2n) is 7.80. The number of nitrogens with zero attached hydrogens (tertiary/aromatic N) is 4. The van der Waals surface area contributed by atoms with Crippen LogP contribution in [0.25, 0.3) is 5.95 Å². The highest BCUT2D eigenvalue weighted by Crippen LogP contribution is 2.19. The summed E-state index contributed by atoms with van der Waals surface area (Å²) in [5.74, 6) is 0.660. The minimum absolute atomic E-state index is 0.0904. The van der Waals surface area contributed by atoms with Crippen LogP contribution in [0.5, 0.6) is 0 Å². The molecule has 0 atom stereocenters. The van der Waals surface area contributed by atoms with Gasteiger partial charge in [0.2, 0.25) is 5.91 Å². The Kier molecular flexibility index (Phi) is 6.24. The Morgan fingerprint density at radius 3 is 2.26 bits per heavy atom. The Bertz CT molecular complexity index is 783. The molecule has 146 valence electrons. The number of carbonyl (C=O) groups is 1. The average Bonchev–Trinajstić information content (AvgIpc) is 2.84. The number of aromatic nitrogens is 4. The lowest BCUT2D eigenvalue weighted by atomic mass is 9.96. The number of carbonyl (C=O) groups excluding carboxylic acids is 1. The smallest absolute Gasteiger partial charge is 0.251 e. The molecule has 1 aliphatic rings. The Labute approximate surface area is 161 Å². The summed E-state index contributed by atoms with van der Waals surface area (Å²) < 4.78 is 1.76. The third-order valence-electron chi connectivity index (χ3n) is 5.41. The largest absolute Gasteiger partial charge is 0.353 e. The monoisotopic (exact) mass is 369 g/mol. The van der Waals surface area contributed by atoms with Crippen molar-refractivity contribution in [3.63, 3.8) is 0 Å². The summed E-state index contributed by atoms with van der Waals surface area (Å²) in [4.78, 5) is 21.7. The lowest BCUT2D eigenvalue weighted by Crippen LogP contribution is -2.36. The summed E-state index contributed by atoms with van der Waals surface area (Å²) >= 11 is 0. The maximum atomic E-state index is 12.7. The van der Waals surface area contributed by atoms with Crippen molar-refractivity contribution in [2.75, 3.05) is 0 Å². The van der Waals surface area contributed by atoms with E-state index in [-0.39, 0.29) is 5.91 Å². The van der Waals surface area contributed by atoms with E-state index < -0.39 is 0 Å². The third kappa shape index (κ3) is 4.93. The topological polar surface area (TPSA) is 72.7 Å². The lowest BCUT2D eigenvalue weighted by molar-refractivity contribution is -0.121. The molecule has 0 radical (unpaired) electrons. The van der Waals surface area contributed by atoms with E-state index >= 15 is 0 Å².